The van der Waals surface area contributed by atoms with Crippen LogP contribution in [0.15, 0.2) is 158 Å². The van der Waals surface area contributed by atoms with Crippen LogP contribution in [0, 0.1) is 0 Å². The number of fused-ring (bicyclic) bond motifs is 4. The molecule has 2 atom stereocenters. The predicted octanol–water partition coefficient (Wildman–Crippen LogP) is 6.83. The van der Waals surface area contributed by atoms with Crippen molar-refractivity contribution in [3.05, 3.63) is 192 Å². The first-order valence-corrected chi connectivity index (χ1v) is 21.9. The zero-order chi connectivity index (χ0) is 45.1. The Morgan fingerprint density at radius 3 is 1.48 bits per heavy atom. The van der Waals surface area contributed by atoms with E-state index >= 15 is 0 Å². The van der Waals surface area contributed by atoms with Gasteiger partial charge in [-0.2, -0.15) is 0 Å². The minimum atomic E-state index is -1.01. The summed E-state index contributed by atoms with van der Waals surface area (Å²) in [5.74, 6) is -1.29. The number of rotatable bonds is 11. The molecule has 0 bridgehead atoms. The predicted molar refractivity (Wildman–Crippen MR) is 268 cm³/mol. The molecule has 340 valence electrons. The van der Waals surface area contributed by atoms with Gasteiger partial charge in [0.25, 0.3) is 5.91 Å². The van der Waals surface area contributed by atoms with Crippen molar-refractivity contribution in [2.75, 3.05) is 39.3 Å². The summed E-state index contributed by atoms with van der Waals surface area (Å²) < 4.78 is 3.59. The first-order chi connectivity index (χ1) is 31.7. The Balaban J connectivity index is 0.000000161. The molecule has 66 heavy (non-hydrogen) atoms. The molecule has 6 N–H and O–H groups in total. The van der Waals surface area contributed by atoms with Crippen molar-refractivity contribution in [3.63, 3.8) is 0 Å². The van der Waals surface area contributed by atoms with E-state index in [1.54, 1.807) is 10.6 Å². The maximum Gasteiger partial charge on any atom is 0.356 e. The average molecular weight is 999 g/mol. The van der Waals surface area contributed by atoms with Crippen LogP contribution in [-0.2, 0) is 25.9 Å². The molecule has 14 heteroatoms. The van der Waals surface area contributed by atoms with Gasteiger partial charge in [0.15, 0.2) is 5.69 Å². The number of carbonyl (C=O) groups excluding carboxylic acids is 1. The molecule has 4 aromatic heterocycles. The number of β-amino-alcohol motifs (C(OH)–C–C–N with tert-alkyl or cyclic N) is 2. The number of imidazole rings is 2. The molecule has 0 aliphatic carbocycles. The molecule has 0 saturated carbocycles. The van der Waals surface area contributed by atoms with E-state index in [0.717, 1.165) is 61.3 Å². The number of carboxylic acids is 1. The fourth-order valence-electron chi connectivity index (χ4n) is 8.26. The summed E-state index contributed by atoms with van der Waals surface area (Å²) in [4.78, 5) is 36.4. The van der Waals surface area contributed by atoms with Gasteiger partial charge in [-0.1, -0.05) is 109 Å². The Morgan fingerprint density at radius 2 is 1.00 bits per heavy atom. The lowest BCUT2D eigenvalue weighted by atomic mass is 10.00. The number of aliphatic hydroxyl groups excluding tert-OH is 2. The first kappa shape index (κ1) is 47.7. The molecule has 1 amide bonds. The Bertz CT molecular complexity index is 2850. The number of hydrogen-bond donors (Lipinski definition) is 5. The Hall–Kier alpha value is -6.27. The second kappa shape index (κ2) is 22.8. The van der Waals surface area contributed by atoms with Crippen LogP contribution in [0.1, 0.15) is 43.2 Å². The van der Waals surface area contributed by atoms with Crippen molar-refractivity contribution in [3.8, 4) is 22.3 Å². The van der Waals surface area contributed by atoms with Gasteiger partial charge in [0.05, 0.1) is 12.2 Å². The molecule has 2 aliphatic heterocycles. The molecule has 13 nitrogen and oxygen atoms in total. The maximum absolute atomic E-state index is 12.6. The molecule has 10 rings (SSSR count). The van der Waals surface area contributed by atoms with E-state index in [0.29, 0.717) is 36.6 Å². The smallest absolute Gasteiger partial charge is 0.356 e. The van der Waals surface area contributed by atoms with Gasteiger partial charge in [-0.05, 0) is 81.6 Å². The summed E-state index contributed by atoms with van der Waals surface area (Å²) in [6.07, 6.45) is 8.13. The van der Waals surface area contributed by atoms with Crippen molar-refractivity contribution in [2.24, 2.45) is 5.73 Å². The number of aliphatic hydroxyl groups is 2. The summed E-state index contributed by atoms with van der Waals surface area (Å²) >= 11 is 0. The lowest BCUT2D eigenvalue weighted by Crippen LogP contribution is -2.42. The van der Waals surface area contributed by atoms with Gasteiger partial charge < -0.3 is 35.2 Å². The highest BCUT2D eigenvalue weighted by Gasteiger charge is 2.20. The number of aromatic nitrogens is 4. The molecular formula is C52H55IN8O5. The van der Waals surface area contributed by atoms with Gasteiger partial charge in [0, 0.05) is 77.1 Å². The third kappa shape index (κ3) is 12.3. The standard InChI is InChI=1S/C26H26N4O2.C14H10N2O2.C12H18N2O.HI/c31-23(17-29-13-12-20-8-4-5-9-21(20)15-29)14-27-26(32)24-18-30-16-22(10-11-25(30)28-24)19-6-2-1-3-7-19;17-14(18)12-9-16-8-11(6-7-13(16)15-12)10-4-2-1-3-5-10;13-7-12(15)9-14-6-5-10-3-1-2-4-11(10)8-14;/h1-11,16,18,23,31H,12-15,17H2,(H,27,32);1-9H,(H,17,18);1-4,12,15H,5-9,13H2;1H. The number of nitrogens with zero attached hydrogens (tertiary/aromatic N) is 6. The van der Waals surface area contributed by atoms with Gasteiger partial charge in [-0.3, -0.25) is 14.6 Å². The highest BCUT2D eigenvalue weighted by Crippen LogP contribution is 2.23. The Labute approximate surface area is 401 Å². The monoisotopic (exact) mass is 998 g/mol. The average Bonchev–Trinajstić information content (AvgIpc) is 3.99. The number of pyridine rings is 2. The van der Waals surface area contributed by atoms with E-state index in [1.807, 2.05) is 102 Å². The molecule has 2 aliphatic rings. The van der Waals surface area contributed by atoms with Gasteiger partial charge in [-0.15, -0.1) is 24.0 Å². The normalized spacial score (nSPS) is 14.3. The van der Waals surface area contributed by atoms with Crippen molar-refractivity contribution in [1.29, 1.82) is 0 Å². The van der Waals surface area contributed by atoms with E-state index < -0.39 is 18.2 Å². The Kier molecular flexibility index (Phi) is 16.4. The topological polar surface area (TPSA) is 174 Å². The molecule has 6 heterocycles. The summed E-state index contributed by atoms with van der Waals surface area (Å²) in [5, 5.41) is 31.7. The SMILES string of the molecule is I.NCC(O)CN1CCc2ccccc2C1.O=C(NCC(O)CN1CCc2ccccc2C1)c1cn2cc(-c3ccccc3)ccc2n1.O=C(O)c1cn2cc(-c3ccccc3)ccc2n1. The number of hydrogen-bond acceptors (Lipinski definition) is 9. The van der Waals surface area contributed by atoms with Gasteiger partial charge in [0.2, 0.25) is 0 Å². The third-order valence-corrected chi connectivity index (χ3v) is 11.7. The van der Waals surface area contributed by atoms with Gasteiger partial charge in [-0.25, -0.2) is 14.8 Å². The van der Waals surface area contributed by atoms with Crippen LogP contribution in [0.5, 0.6) is 0 Å². The molecule has 0 saturated heterocycles. The van der Waals surface area contributed by atoms with Crippen molar-refractivity contribution < 1.29 is 24.9 Å². The number of carboxylic acid groups (broad SMARTS) is 1. The third-order valence-electron chi connectivity index (χ3n) is 11.7. The van der Waals surface area contributed by atoms with Gasteiger partial charge in [0.1, 0.15) is 17.0 Å². The van der Waals surface area contributed by atoms with E-state index in [2.05, 4.69) is 73.6 Å². The summed E-state index contributed by atoms with van der Waals surface area (Å²) in [7, 11) is 0. The zero-order valence-electron chi connectivity index (χ0n) is 36.6. The minimum Gasteiger partial charge on any atom is -0.476 e. The highest BCUT2D eigenvalue weighted by atomic mass is 127. The van der Waals surface area contributed by atoms with E-state index in [-0.39, 0.29) is 42.1 Å². The first-order valence-electron chi connectivity index (χ1n) is 21.9. The summed E-state index contributed by atoms with van der Waals surface area (Å²) in [6.45, 7) is 5.46. The number of nitrogens with two attached hydrogens (primary N) is 1. The van der Waals surface area contributed by atoms with Crippen LogP contribution in [0.2, 0.25) is 0 Å². The largest absolute Gasteiger partial charge is 0.476 e. The molecule has 0 spiro atoms. The van der Waals surface area contributed by atoms with Crippen LogP contribution in [0.4, 0.5) is 0 Å². The van der Waals surface area contributed by atoms with Crippen molar-refractivity contribution in [2.45, 2.75) is 38.1 Å². The number of aromatic carboxylic acids is 1. The quantitative estimate of drug-likeness (QED) is 0.0865. The molecule has 0 radical (unpaired) electrons. The van der Waals surface area contributed by atoms with Crippen LogP contribution in [-0.4, -0.2) is 107 Å². The fourth-order valence-corrected chi connectivity index (χ4v) is 8.26. The molecule has 8 aromatic rings. The van der Waals surface area contributed by atoms with Gasteiger partial charge >= 0.3 is 5.97 Å². The summed E-state index contributed by atoms with van der Waals surface area (Å²) in [6, 6.07) is 44.6. The molecule has 0 fully saturated rings. The van der Waals surface area contributed by atoms with Crippen LogP contribution < -0.4 is 11.1 Å². The van der Waals surface area contributed by atoms with Crippen LogP contribution >= 0.6 is 24.0 Å². The lowest BCUT2D eigenvalue weighted by molar-refractivity contribution is 0.0691. The highest BCUT2D eigenvalue weighted by molar-refractivity contribution is 14.0. The molecular weight excluding hydrogens is 944 g/mol. The number of amides is 1. The zero-order valence-corrected chi connectivity index (χ0v) is 38.9. The van der Waals surface area contributed by atoms with Crippen LogP contribution in [0.25, 0.3) is 33.5 Å². The summed E-state index contributed by atoms with van der Waals surface area (Å²) in [5.41, 5.74) is 16.9. The number of benzene rings is 4. The number of nitrogens with one attached hydrogen (secondary N) is 1. The minimum absolute atomic E-state index is 0. The van der Waals surface area contributed by atoms with Crippen LogP contribution in [0.3, 0.4) is 0 Å². The molecule has 2 unspecified atom stereocenters. The second-order valence-electron chi connectivity index (χ2n) is 16.4. The van der Waals surface area contributed by atoms with E-state index in [1.165, 1.54) is 28.5 Å². The Morgan fingerprint density at radius 1 is 0.561 bits per heavy atom. The number of carbonyl (C=O) groups is 2. The number of halogens is 1. The van der Waals surface area contributed by atoms with Crippen molar-refractivity contribution in [1.82, 2.24) is 33.9 Å². The lowest BCUT2D eigenvalue weighted by Gasteiger charge is -2.30. The van der Waals surface area contributed by atoms with Crippen molar-refractivity contribution >= 4 is 47.1 Å². The maximum atomic E-state index is 12.6. The van der Waals surface area contributed by atoms with E-state index in [9.17, 15) is 19.8 Å². The molecule has 4 aromatic carbocycles. The van der Waals surface area contributed by atoms with E-state index in [4.69, 9.17) is 10.8 Å². The second-order valence-corrected chi connectivity index (χ2v) is 16.4. The fraction of sp³-hybridized carbons (Fsp3) is 0.231.